The number of amides is 1. The zero-order valence-electron chi connectivity index (χ0n) is 10.7. The van der Waals surface area contributed by atoms with Crippen LogP contribution in [0.25, 0.3) is 0 Å². The van der Waals surface area contributed by atoms with Gasteiger partial charge in [-0.2, -0.15) is 0 Å². The van der Waals surface area contributed by atoms with Crippen LogP contribution >= 0.6 is 0 Å². The predicted molar refractivity (Wildman–Crippen MR) is 70.6 cm³/mol. The Hall–Kier alpha value is -2.60. The van der Waals surface area contributed by atoms with E-state index in [1.165, 1.54) is 24.3 Å². The van der Waals surface area contributed by atoms with Crippen molar-refractivity contribution in [2.75, 3.05) is 0 Å². The molecule has 0 radical (unpaired) electrons. The first kappa shape index (κ1) is 14.8. The molecule has 2 aromatic carbocycles. The smallest absolute Gasteiger partial charge is 0.253 e. The minimum absolute atomic E-state index is 0.0586. The van der Waals surface area contributed by atoms with Crippen LogP contribution in [0.2, 0.25) is 0 Å². The summed E-state index contributed by atoms with van der Waals surface area (Å²) < 4.78 is 25.5. The van der Waals surface area contributed by atoms with Crippen LogP contribution in [-0.4, -0.2) is 23.0 Å². The number of Topliss-reactive ketones (excluding diaryl/α,β-unsaturated/α-hetero) is 1. The van der Waals surface area contributed by atoms with Crippen molar-refractivity contribution in [2.45, 2.75) is 6.23 Å². The number of aliphatic hydroxyl groups excluding tert-OH is 1. The van der Waals surface area contributed by atoms with Gasteiger partial charge >= 0.3 is 0 Å². The number of hydrogen-bond donors (Lipinski definition) is 2. The Labute approximate surface area is 119 Å². The van der Waals surface area contributed by atoms with Crippen LogP contribution < -0.4 is 5.32 Å². The number of hydrogen-bond acceptors (Lipinski definition) is 3. The summed E-state index contributed by atoms with van der Waals surface area (Å²) in [5, 5.41) is 11.8. The summed E-state index contributed by atoms with van der Waals surface area (Å²) in [6.07, 6.45) is -1.77. The third-order valence-electron chi connectivity index (χ3n) is 2.75. The highest BCUT2D eigenvalue weighted by molar-refractivity contribution is 6.03. The average molecular weight is 291 g/mol. The van der Waals surface area contributed by atoms with Crippen molar-refractivity contribution in [1.29, 1.82) is 0 Å². The predicted octanol–water partition coefficient (Wildman–Crippen LogP) is 1.90. The second-order valence-corrected chi connectivity index (χ2v) is 4.25. The van der Waals surface area contributed by atoms with Crippen molar-refractivity contribution in [2.24, 2.45) is 0 Å². The number of rotatable bonds is 4. The Bertz CT molecular complexity index is 654. The van der Waals surface area contributed by atoms with E-state index in [-0.39, 0.29) is 11.1 Å². The summed E-state index contributed by atoms with van der Waals surface area (Å²) in [5.41, 5.74) is 0.158. The highest BCUT2D eigenvalue weighted by Gasteiger charge is 2.20. The number of nitrogens with one attached hydrogen (secondary N) is 1. The zero-order valence-corrected chi connectivity index (χ0v) is 10.7. The Balaban J connectivity index is 2.05. The lowest BCUT2D eigenvalue weighted by Gasteiger charge is -2.12. The van der Waals surface area contributed by atoms with Gasteiger partial charge in [0.2, 0.25) is 5.78 Å². The van der Waals surface area contributed by atoms with E-state index in [1.54, 1.807) is 0 Å². The zero-order chi connectivity index (χ0) is 15.4. The van der Waals surface area contributed by atoms with Crippen molar-refractivity contribution in [1.82, 2.24) is 5.32 Å². The average Bonchev–Trinajstić information content (AvgIpc) is 2.47. The van der Waals surface area contributed by atoms with E-state index in [4.69, 9.17) is 0 Å². The van der Waals surface area contributed by atoms with E-state index >= 15 is 0 Å². The molecule has 1 atom stereocenters. The molecule has 2 aromatic rings. The van der Waals surface area contributed by atoms with Gasteiger partial charge in [0.25, 0.3) is 5.91 Å². The Morgan fingerprint density at radius 3 is 1.76 bits per heavy atom. The molecule has 0 spiro atoms. The van der Waals surface area contributed by atoms with Gasteiger partial charge in [0.1, 0.15) is 11.6 Å². The minimum atomic E-state index is -1.77. The Kier molecular flexibility index (Phi) is 4.39. The van der Waals surface area contributed by atoms with Gasteiger partial charge in [-0.05, 0) is 48.5 Å². The van der Waals surface area contributed by atoms with Crippen LogP contribution in [0.1, 0.15) is 20.7 Å². The summed E-state index contributed by atoms with van der Waals surface area (Å²) in [7, 11) is 0. The lowest BCUT2D eigenvalue weighted by Crippen LogP contribution is -2.40. The van der Waals surface area contributed by atoms with Crippen LogP contribution in [0.5, 0.6) is 0 Å². The van der Waals surface area contributed by atoms with E-state index in [9.17, 15) is 23.5 Å². The molecule has 2 rings (SSSR count). The fourth-order valence-electron chi connectivity index (χ4n) is 1.65. The summed E-state index contributed by atoms with van der Waals surface area (Å²) in [5.74, 6) is -2.52. The first-order valence-corrected chi connectivity index (χ1v) is 6.01. The normalized spacial score (nSPS) is 11.8. The molecule has 0 aliphatic heterocycles. The maximum atomic E-state index is 12.7. The van der Waals surface area contributed by atoms with Gasteiger partial charge in [-0.25, -0.2) is 8.78 Å². The van der Waals surface area contributed by atoms with Crippen LogP contribution in [-0.2, 0) is 0 Å². The fourth-order valence-corrected chi connectivity index (χ4v) is 1.65. The molecule has 0 unspecified atom stereocenters. The standard InChI is InChI=1S/C15H11F2NO3/c16-11-5-1-9(2-6-11)13(19)15(21)18-14(20)10-3-7-12(17)8-4-10/h1-8,15,21H,(H,18,20)/t15-/m0/s1. The van der Waals surface area contributed by atoms with E-state index < -0.39 is 29.6 Å². The number of halogens is 2. The third-order valence-corrected chi connectivity index (χ3v) is 2.75. The molecule has 0 aliphatic carbocycles. The highest BCUT2D eigenvalue weighted by Crippen LogP contribution is 2.07. The summed E-state index contributed by atoms with van der Waals surface area (Å²) >= 11 is 0. The minimum Gasteiger partial charge on any atom is -0.367 e. The Morgan fingerprint density at radius 1 is 0.857 bits per heavy atom. The number of ketones is 1. The molecule has 21 heavy (non-hydrogen) atoms. The second kappa shape index (κ2) is 6.23. The van der Waals surface area contributed by atoms with Gasteiger partial charge in [-0.3, -0.25) is 9.59 Å². The molecule has 0 bridgehead atoms. The molecule has 6 heteroatoms. The first-order valence-electron chi connectivity index (χ1n) is 6.01. The van der Waals surface area contributed by atoms with E-state index in [0.29, 0.717) is 0 Å². The number of benzene rings is 2. The van der Waals surface area contributed by atoms with E-state index in [1.807, 2.05) is 0 Å². The molecule has 0 fully saturated rings. The summed E-state index contributed by atoms with van der Waals surface area (Å²) in [4.78, 5) is 23.6. The summed E-state index contributed by atoms with van der Waals surface area (Å²) in [6, 6.07) is 9.16. The van der Waals surface area contributed by atoms with Gasteiger partial charge in [0.15, 0.2) is 6.23 Å². The highest BCUT2D eigenvalue weighted by atomic mass is 19.1. The largest absolute Gasteiger partial charge is 0.367 e. The van der Waals surface area contributed by atoms with E-state index in [0.717, 1.165) is 24.3 Å². The van der Waals surface area contributed by atoms with Crippen LogP contribution in [0, 0.1) is 11.6 Å². The molecular weight excluding hydrogens is 280 g/mol. The van der Waals surface area contributed by atoms with Gasteiger partial charge in [0.05, 0.1) is 0 Å². The first-order chi connectivity index (χ1) is 9.97. The maximum absolute atomic E-state index is 12.7. The third kappa shape index (κ3) is 3.70. The molecule has 0 aromatic heterocycles. The number of carbonyl (C=O) groups is 2. The second-order valence-electron chi connectivity index (χ2n) is 4.25. The topological polar surface area (TPSA) is 66.4 Å². The molecule has 4 nitrogen and oxygen atoms in total. The van der Waals surface area contributed by atoms with E-state index in [2.05, 4.69) is 5.32 Å². The Morgan fingerprint density at radius 2 is 1.29 bits per heavy atom. The SMILES string of the molecule is O=C(N[C@@H](O)C(=O)c1ccc(F)cc1)c1ccc(F)cc1. The lowest BCUT2D eigenvalue weighted by molar-refractivity contribution is 0.0607. The van der Waals surface area contributed by atoms with Crippen molar-refractivity contribution >= 4 is 11.7 Å². The fraction of sp³-hybridized carbons (Fsp3) is 0.0667. The molecule has 0 heterocycles. The lowest BCUT2D eigenvalue weighted by atomic mass is 10.1. The molecule has 0 saturated carbocycles. The van der Waals surface area contributed by atoms with Crippen molar-refractivity contribution in [3.63, 3.8) is 0 Å². The van der Waals surface area contributed by atoms with Gasteiger partial charge < -0.3 is 10.4 Å². The molecule has 2 N–H and O–H groups in total. The van der Waals surface area contributed by atoms with Crippen molar-refractivity contribution < 1.29 is 23.5 Å². The number of carbonyl (C=O) groups excluding carboxylic acids is 2. The summed E-state index contributed by atoms with van der Waals surface area (Å²) in [6.45, 7) is 0. The molecule has 1 amide bonds. The molecule has 0 aliphatic rings. The van der Waals surface area contributed by atoms with Crippen molar-refractivity contribution in [3.05, 3.63) is 71.3 Å². The van der Waals surface area contributed by atoms with Crippen molar-refractivity contribution in [3.8, 4) is 0 Å². The molecule has 0 saturated heterocycles. The van der Waals surface area contributed by atoms with Gasteiger partial charge in [0, 0.05) is 11.1 Å². The monoisotopic (exact) mass is 291 g/mol. The molecular formula is C15H11F2NO3. The maximum Gasteiger partial charge on any atom is 0.253 e. The number of aliphatic hydroxyl groups is 1. The van der Waals surface area contributed by atoms with Crippen LogP contribution in [0.3, 0.4) is 0 Å². The molecule has 108 valence electrons. The van der Waals surface area contributed by atoms with Crippen LogP contribution in [0.4, 0.5) is 8.78 Å². The van der Waals surface area contributed by atoms with Gasteiger partial charge in [-0.15, -0.1) is 0 Å². The quantitative estimate of drug-likeness (QED) is 0.668. The van der Waals surface area contributed by atoms with Gasteiger partial charge in [-0.1, -0.05) is 0 Å². The van der Waals surface area contributed by atoms with Crippen LogP contribution in [0.15, 0.2) is 48.5 Å².